The fourth-order valence-electron chi connectivity index (χ4n) is 4.23. The van der Waals surface area contributed by atoms with Crippen LogP contribution in [0, 0.1) is 0 Å². The zero-order chi connectivity index (χ0) is 18.9. The Labute approximate surface area is 170 Å². The highest BCUT2D eigenvalue weighted by Gasteiger charge is 2.24. The van der Waals surface area contributed by atoms with E-state index in [1.54, 1.807) is 0 Å². The first-order valence-electron chi connectivity index (χ1n) is 10.0. The maximum absolute atomic E-state index is 5.51. The van der Waals surface area contributed by atoms with Gasteiger partial charge in [0, 0.05) is 30.9 Å². The van der Waals surface area contributed by atoms with Crippen molar-refractivity contribution in [3.8, 4) is 11.5 Å². The summed E-state index contributed by atoms with van der Waals surface area (Å²) >= 11 is 1.86. The monoisotopic (exact) mass is 394 g/mol. The summed E-state index contributed by atoms with van der Waals surface area (Å²) in [4.78, 5) is 4.99. The Morgan fingerprint density at radius 2 is 1.79 bits per heavy atom. The zero-order valence-electron chi connectivity index (χ0n) is 16.3. The van der Waals surface area contributed by atoms with Crippen LogP contribution in [0.15, 0.2) is 41.8 Å². The van der Waals surface area contributed by atoms with Gasteiger partial charge in [0.15, 0.2) is 11.5 Å². The lowest BCUT2D eigenvalue weighted by atomic mass is 10.1. The number of likely N-dealkylation sites (N-methyl/N-ethyl adjacent to an activating group) is 1. The number of benzene rings is 2. The van der Waals surface area contributed by atoms with Gasteiger partial charge in [0.05, 0.1) is 0 Å². The van der Waals surface area contributed by atoms with Gasteiger partial charge in [0.25, 0.3) is 0 Å². The van der Waals surface area contributed by atoms with Crippen LogP contribution >= 0.6 is 11.3 Å². The summed E-state index contributed by atoms with van der Waals surface area (Å²) in [5.41, 5.74) is 4.27. The predicted molar refractivity (Wildman–Crippen MR) is 114 cm³/mol. The summed E-state index contributed by atoms with van der Waals surface area (Å²) in [5, 5.41) is 3.75. The van der Waals surface area contributed by atoms with Crippen molar-refractivity contribution in [3.63, 3.8) is 0 Å². The van der Waals surface area contributed by atoms with Crippen LogP contribution < -0.4 is 9.47 Å². The fraction of sp³-hybridized carbons (Fsp3) is 0.391. The molecule has 0 N–H and O–H groups in total. The Kier molecular flexibility index (Phi) is 4.97. The van der Waals surface area contributed by atoms with Crippen LogP contribution in [-0.2, 0) is 19.5 Å². The molecule has 5 rings (SSSR count). The Balaban J connectivity index is 1.08. The van der Waals surface area contributed by atoms with Gasteiger partial charge in [-0.2, -0.15) is 0 Å². The van der Waals surface area contributed by atoms with Crippen LogP contribution in [0.1, 0.15) is 23.1 Å². The number of fused-ring (bicyclic) bond motifs is 3. The summed E-state index contributed by atoms with van der Waals surface area (Å²) in [7, 11) is 2.24. The summed E-state index contributed by atoms with van der Waals surface area (Å²) < 4.78 is 12.4. The Morgan fingerprint density at radius 1 is 1.04 bits per heavy atom. The smallest absolute Gasteiger partial charge is 0.231 e. The molecule has 0 spiro atoms. The van der Waals surface area contributed by atoms with Gasteiger partial charge >= 0.3 is 0 Å². The normalized spacial score (nSPS) is 15.6. The maximum Gasteiger partial charge on any atom is 0.231 e. The number of hydrogen-bond donors (Lipinski definition) is 0. The molecule has 0 saturated heterocycles. The van der Waals surface area contributed by atoms with Crippen LogP contribution in [0.3, 0.4) is 0 Å². The van der Waals surface area contributed by atoms with E-state index in [0.29, 0.717) is 6.79 Å². The van der Waals surface area contributed by atoms with Gasteiger partial charge in [0.1, 0.15) is 0 Å². The van der Waals surface area contributed by atoms with E-state index in [2.05, 4.69) is 58.6 Å². The van der Waals surface area contributed by atoms with Crippen LogP contribution in [0.4, 0.5) is 0 Å². The fourth-order valence-corrected chi connectivity index (χ4v) is 5.23. The molecule has 4 nitrogen and oxygen atoms in total. The Morgan fingerprint density at radius 3 is 2.57 bits per heavy atom. The van der Waals surface area contributed by atoms with Gasteiger partial charge in [-0.15, -0.1) is 11.3 Å². The molecular formula is C23H26N2O2S. The van der Waals surface area contributed by atoms with Gasteiger partial charge in [0.2, 0.25) is 6.79 Å². The van der Waals surface area contributed by atoms with Crippen LogP contribution in [0.25, 0.3) is 10.1 Å². The predicted octanol–water partition coefficient (Wildman–Crippen LogP) is 4.51. The molecule has 0 amide bonds. The van der Waals surface area contributed by atoms with Crippen molar-refractivity contribution < 1.29 is 9.47 Å². The molecule has 2 aliphatic rings. The number of rotatable bonds is 7. The quantitative estimate of drug-likeness (QED) is 0.589. The highest BCUT2D eigenvalue weighted by Crippen LogP contribution is 2.38. The van der Waals surface area contributed by atoms with Crippen molar-refractivity contribution in [1.29, 1.82) is 0 Å². The van der Waals surface area contributed by atoms with Crippen molar-refractivity contribution >= 4 is 21.4 Å². The molecule has 28 heavy (non-hydrogen) atoms. The van der Waals surface area contributed by atoms with Crippen LogP contribution in [0.5, 0.6) is 11.5 Å². The first-order valence-corrected chi connectivity index (χ1v) is 10.9. The van der Waals surface area contributed by atoms with E-state index in [1.807, 2.05) is 11.3 Å². The molecule has 2 aromatic carbocycles. The molecule has 0 radical (unpaired) electrons. The molecule has 0 saturated carbocycles. The molecule has 146 valence electrons. The van der Waals surface area contributed by atoms with E-state index >= 15 is 0 Å². The lowest BCUT2D eigenvalue weighted by Gasteiger charge is -2.19. The number of ether oxygens (including phenoxy) is 2. The molecule has 0 bridgehead atoms. The van der Waals surface area contributed by atoms with Gasteiger partial charge in [-0.3, -0.25) is 4.90 Å². The van der Waals surface area contributed by atoms with E-state index in [0.717, 1.165) is 50.6 Å². The molecule has 0 fully saturated rings. The van der Waals surface area contributed by atoms with Crippen molar-refractivity contribution in [2.24, 2.45) is 0 Å². The second-order valence-electron chi connectivity index (χ2n) is 7.85. The lowest BCUT2D eigenvalue weighted by Crippen LogP contribution is -2.26. The third-order valence-electron chi connectivity index (χ3n) is 5.82. The van der Waals surface area contributed by atoms with E-state index in [-0.39, 0.29) is 0 Å². The molecular weight excluding hydrogens is 368 g/mol. The zero-order valence-corrected chi connectivity index (χ0v) is 17.1. The summed E-state index contributed by atoms with van der Waals surface area (Å²) in [6.07, 6.45) is 2.32. The second kappa shape index (κ2) is 7.74. The molecule has 0 unspecified atom stereocenters. The van der Waals surface area contributed by atoms with Crippen molar-refractivity contribution in [3.05, 3.63) is 58.5 Å². The minimum absolute atomic E-state index is 0.357. The standard InChI is InChI=1S/C23H26N2O2S/c1-24(10-7-17-15-28-23-6-3-2-5-20(17)23)8-4-9-25-13-18-11-21-22(27-16-26-21)12-19(18)14-25/h2-3,5-6,11-12,15H,4,7-10,13-14,16H2,1H3. The molecule has 3 heterocycles. The van der Waals surface area contributed by atoms with Gasteiger partial charge in [-0.25, -0.2) is 0 Å². The second-order valence-corrected chi connectivity index (χ2v) is 8.76. The molecule has 0 atom stereocenters. The van der Waals surface area contributed by atoms with Crippen molar-refractivity contribution in [2.75, 3.05) is 33.5 Å². The highest BCUT2D eigenvalue weighted by molar-refractivity contribution is 7.17. The third-order valence-corrected chi connectivity index (χ3v) is 6.83. The molecule has 0 aliphatic carbocycles. The van der Waals surface area contributed by atoms with E-state index in [4.69, 9.17) is 9.47 Å². The van der Waals surface area contributed by atoms with Gasteiger partial charge in [-0.1, -0.05) is 18.2 Å². The average Bonchev–Trinajstić information content (AvgIpc) is 3.41. The lowest BCUT2D eigenvalue weighted by molar-refractivity contribution is 0.173. The van der Waals surface area contributed by atoms with Gasteiger partial charge < -0.3 is 14.4 Å². The summed E-state index contributed by atoms with van der Waals surface area (Å²) in [6.45, 7) is 5.79. The average molecular weight is 395 g/mol. The number of nitrogens with zero attached hydrogens (tertiary/aromatic N) is 2. The molecule has 3 aromatic rings. The topological polar surface area (TPSA) is 24.9 Å². The molecule has 5 heteroatoms. The van der Waals surface area contributed by atoms with Crippen molar-refractivity contribution in [2.45, 2.75) is 25.9 Å². The number of thiophene rings is 1. The summed E-state index contributed by atoms with van der Waals surface area (Å²) in [6, 6.07) is 13.1. The highest BCUT2D eigenvalue weighted by atomic mass is 32.1. The summed E-state index contributed by atoms with van der Waals surface area (Å²) in [5.74, 6) is 1.81. The Hall–Kier alpha value is -2.08. The SMILES string of the molecule is CN(CCCN1Cc2cc3c(cc2C1)OCO3)CCc1csc2ccccc12. The van der Waals surface area contributed by atoms with E-state index < -0.39 is 0 Å². The molecule has 2 aliphatic heterocycles. The van der Waals surface area contributed by atoms with Crippen molar-refractivity contribution in [1.82, 2.24) is 9.80 Å². The first-order chi connectivity index (χ1) is 13.8. The molecule has 1 aromatic heterocycles. The first kappa shape index (κ1) is 18.0. The Bertz CT molecular complexity index is 951. The van der Waals surface area contributed by atoms with E-state index in [1.165, 1.54) is 33.2 Å². The largest absolute Gasteiger partial charge is 0.454 e. The van der Waals surface area contributed by atoms with Crippen LogP contribution in [-0.4, -0.2) is 43.3 Å². The van der Waals surface area contributed by atoms with Gasteiger partial charge in [-0.05, 0) is 72.1 Å². The number of hydrogen-bond acceptors (Lipinski definition) is 5. The third kappa shape index (κ3) is 3.62. The minimum atomic E-state index is 0.357. The van der Waals surface area contributed by atoms with Crippen LogP contribution in [0.2, 0.25) is 0 Å². The van der Waals surface area contributed by atoms with E-state index in [9.17, 15) is 0 Å². The minimum Gasteiger partial charge on any atom is -0.454 e. The maximum atomic E-state index is 5.51.